The smallest absolute Gasteiger partial charge is 0.414 e. The Hall–Kier alpha value is -3.21. The first-order valence-corrected chi connectivity index (χ1v) is 8.69. The Morgan fingerprint density at radius 1 is 1.21 bits per heavy atom. The Morgan fingerprint density at radius 2 is 1.90 bits per heavy atom. The molecular weight excluding hydrogens is 372 g/mol. The van der Waals surface area contributed by atoms with Crippen molar-refractivity contribution in [2.24, 2.45) is 0 Å². The maximum Gasteiger partial charge on any atom is 0.414 e. The van der Waals surface area contributed by atoms with E-state index >= 15 is 0 Å². The molecule has 0 saturated carbocycles. The maximum atomic E-state index is 9.17. The summed E-state index contributed by atoms with van der Waals surface area (Å²) in [4.78, 5) is 18.8. The van der Waals surface area contributed by atoms with Crippen LogP contribution in [0.2, 0.25) is 0 Å². The second-order valence-electron chi connectivity index (χ2n) is 6.33. The Kier molecular flexibility index (Phi) is 4.99. The molecule has 152 valence electrons. The van der Waals surface area contributed by atoms with Gasteiger partial charge in [-0.15, -0.1) is 0 Å². The number of carbonyl (C=O) groups is 2. The van der Waals surface area contributed by atoms with Gasteiger partial charge < -0.3 is 19.8 Å². The van der Waals surface area contributed by atoms with Crippen molar-refractivity contribution < 1.29 is 32.8 Å². The average molecular weight is 402 g/mol. The van der Waals surface area contributed by atoms with E-state index in [1.54, 1.807) is 12.1 Å². The number of carboxylic acids is 2. The molecule has 0 bridgehead atoms. The number of nitriles is 1. The number of hydrogen-bond acceptors (Lipinski definition) is 5. The zero-order chi connectivity index (χ0) is 26.4. The molecule has 0 fully saturated rings. The lowest BCUT2D eigenvalue weighted by Crippen LogP contribution is -2.28. The monoisotopic (exact) mass is 402 g/mol. The van der Waals surface area contributed by atoms with Gasteiger partial charge in [-0.1, -0.05) is 36.4 Å². The first-order valence-electron chi connectivity index (χ1n) is 11.7. The fourth-order valence-electron chi connectivity index (χ4n) is 3.24. The Labute approximate surface area is 178 Å². The van der Waals surface area contributed by atoms with Crippen LogP contribution in [0.25, 0.3) is 0 Å². The van der Waals surface area contributed by atoms with Gasteiger partial charge in [0.2, 0.25) is 0 Å². The minimum absolute atomic E-state index is 0.115. The molecule has 2 N–H and O–H groups in total. The maximum absolute atomic E-state index is 9.17. The lowest BCUT2D eigenvalue weighted by molar-refractivity contribution is -0.159. The van der Waals surface area contributed by atoms with Gasteiger partial charge in [-0.3, -0.25) is 0 Å². The topological polar surface area (TPSA) is 111 Å². The van der Waals surface area contributed by atoms with Crippen LogP contribution in [-0.2, 0) is 26.5 Å². The fourth-order valence-corrected chi connectivity index (χ4v) is 3.24. The number of aliphatic carboxylic acids is 2. The summed E-state index contributed by atoms with van der Waals surface area (Å²) in [6, 6.07) is 17.1. The van der Waals surface area contributed by atoms with Crippen LogP contribution in [0.3, 0.4) is 0 Å². The van der Waals surface area contributed by atoms with Crippen molar-refractivity contribution in [2.45, 2.75) is 25.0 Å². The molecule has 2 aromatic carbocycles. The van der Waals surface area contributed by atoms with E-state index in [0.717, 1.165) is 16.7 Å². The van der Waals surface area contributed by atoms with Crippen molar-refractivity contribution in [3.8, 4) is 6.07 Å². The highest BCUT2D eigenvalue weighted by molar-refractivity contribution is 6.27. The van der Waals surface area contributed by atoms with E-state index in [1.807, 2.05) is 36.4 Å². The minimum Gasteiger partial charge on any atom is -0.473 e. The van der Waals surface area contributed by atoms with Gasteiger partial charge in [0.1, 0.15) is 5.60 Å². The molecule has 0 aromatic heterocycles. The molecule has 2 aromatic rings. The van der Waals surface area contributed by atoms with Gasteiger partial charge in [-0.25, -0.2) is 9.59 Å². The number of nitrogens with zero attached hydrogens (tertiary/aromatic N) is 2. The molecule has 0 aliphatic carbocycles. The molecular formula is C22H24N2O5. The lowest BCUT2D eigenvalue weighted by Gasteiger charge is -2.31. The van der Waals surface area contributed by atoms with E-state index < -0.39 is 31.5 Å². The highest BCUT2D eigenvalue weighted by Gasteiger charge is 2.41. The zero-order valence-corrected chi connectivity index (χ0v) is 15.5. The Balaban J connectivity index is 0.000000641. The summed E-state index contributed by atoms with van der Waals surface area (Å²) in [5.41, 5.74) is 2.50. The van der Waals surface area contributed by atoms with E-state index in [-0.39, 0.29) is 6.54 Å². The summed E-state index contributed by atoms with van der Waals surface area (Å²) < 4.78 is 51.5. The Morgan fingerprint density at radius 3 is 2.48 bits per heavy atom. The Bertz CT molecular complexity index is 1070. The molecule has 1 heterocycles. The van der Waals surface area contributed by atoms with E-state index in [1.165, 1.54) is 0 Å². The molecule has 29 heavy (non-hydrogen) atoms. The van der Waals surface area contributed by atoms with Crippen LogP contribution in [0.15, 0.2) is 48.5 Å². The standard InChI is InChI=1S/C20H22N2O.C2H2O4/c1-22(2)12-6-11-20(18-7-4-3-5-8-18)19-10-9-16(14-21)13-17(19)15-23-20;3-1(4)2(5)6/h3-5,7-10,13H,6,11-12,15H2,1-2H3;(H,3,4)(H,5,6)/t20-;/m0./s1/i1D3,2D3;. The van der Waals surface area contributed by atoms with E-state index in [0.29, 0.717) is 29.9 Å². The molecule has 0 spiro atoms. The molecule has 1 atom stereocenters. The number of rotatable bonds is 5. The quantitative estimate of drug-likeness (QED) is 0.740. The number of ether oxygens (including phenoxy) is 1. The van der Waals surface area contributed by atoms with Gasteiger partial charge in [0, 0.05) is 8.22 Å². The summed E-state index contributed by atoms with van der Waals surface area (Å²) in [6.07, 6.45) is 0.726. The predicted octanol–water partition coefficient (Wildman–Crippen LogP) is 2.83. The van der Waals surface area contributed by atoms with Crippen molar-refractivity contribution in [2.75, 3.05) is 20.5 Å². The molecule has 7 heteroatoms. The first-order chi connectivity index (χ1) is 16.2. The van der Waals surface area contributed by atoms with Crippen molar-refractivity contribution >= 4 is 11.9 Å². The van der Waals surface area contributed by atoms with Crippen molar-refractivity contribution in [3.63, 3.8) is 0 Å². The number of carboxylic acid groups (broad SMARTS) is 2. The first kappa shape index (κ1) is 14.7. The molecule has 1 aliphatic heterocycles. The average Bonchev–Trinajstić information content (AvgIpc) is 3.14. The minimum atomic E-state index is -2.71. The van der Waals surface area contributed by atoms with Gasteiger partial charge in [0.15, 0.2) is 0 Å². The van der Waals surface area contributed by atoms with Gasteiger partial charge in [-0.05, 0) is 62.2 Å². The molecule has 0 unspecified atom stereocenters. The second-order valence-corrected chi connectivity index (χ2v) is 6.33. The summed E-state index contributed by atoms with van der Waals surface area (Å²) in [7, 11) is 0. The van der Waals surface area contributed by atoms with Crippen LogP contribution >= 0.6 is 0 Å². The summed E-state index contributed by atoms with van der Waals surface area (Å²) in [5.74, 6) is -3.65. The van der Waals surface area contributed by atoms with Crippen molar-refractivity contribution in [1.29, 1.82) is 5.26 Å². The van der Waals surface area contributed by atoms with E-state index in [2.05, 4.69) is 6.07 Å². The van der Waals surface area contributed by atoms with Crippen LogP contribution in [0, 0.1) is 11.3 Å². The molecule has 1 aliphatic rings. The van der Waals surface area contributed by atoms with Gasteiger partial charge >= 0.3 is 11.9 Å². The summed E-state index contributed by atoms with van der Waals surface area (Å²) in [6.45, 7) is -5.19. The lowest BCUT2D eigenvalue weighted by atomic mass is 9.81. The normalized spacial score (nSPS) is 21.0. The summed E-state index contributed by atoms with van der Waals surface area (Å²) >= 11 is 0. The van der Waals surface area contributed by atoms with Gasteiger partial charge in [-0.2, -0.15) is 5.26 Å². The third-order valence-corrected chi connectivity index (χ3v) is 4.48. The van der Waals surface area contributed by atoms with Crippen LogP contribution in [0.4, 0.5) is 0 Å². The second kappa shape index (κ2) is 9.82. The molecule has 0 amide bonds. The van der Waals surface area contributed by atoms with Crippen molar-refractivity contribution in [1.82, 2.24) is 4.90 Å². The van der Waals surface area contributed by atoms with Crippen LogP contribution in [-0.4, -0.2) is 47.5 Å². The van der Waals surface area contributed by atoms with Crippen LogP contribution in [0.5, 0.6) is 0 Å². The van der Waals surface area contributed by atoms with Gasteiger partial charge in [0.25, 0.3) is 0 Å². The molecule has 0 saturated heterocycles. The molecule has 3 rings (SSSR count). The largest absolute Gasteiger partial charge is 0.473 e. The highest BCUT2D eigenvalue weighted by atomic mass is 16.5. The number of hydrogen-bond donors (Lipinski definition) is 2. The molecule has 0 radical (unpaired) electrons. The van der Waals surface area contributed by atoms with Crippen LogP contribution < -0.4 is 0 Å². The third-order valence-electron chi connectivity index (χ3n) is 4.48. The highest BCUT2D eigenvalue weighted by Crippen LogP contribution is 2.45. The SMILES string of the molecule is O=C(O)C(=O)O.[2H]C([2H])([2H])N(CCC[C@@]1(c2ccccc2)OCc2cc(C#N)ccc21)C([2H])([2H])[2H]. The predicted molar refractivity (Wildman–Crippen MR) is 106 cm³/mol. The zero-order valence-electron chi connectivity index (χ0n) is 21.5. The van der Waals surface area contributed by atoms with Gasteiger partial charge in [0.05, 0.1) is 18.2 Å². The fraction of sp³-hybridized carbons (Fsp3) is 0.318. The van der Waals surface area contributed by atoms with E-state index in [4.69, 9.17) is 38.0 Å². The number of fused-ring (bicyclic) bond motifs is 1. The third kappa shape index (κ3) is 5.41. The number of benzene rings is 2. The van der Waals surface area contributed by atoms with Crippen LogP contribution in [0.1, 0.15) is 43.3 Å². The van der Waals surface area contributed by atoms with Crippen molar-refractivity contribution in [3.05, 3.63) is 70.8 Å². The molecule has 7 nitrogen and oxygen atoms in total. The summed E-state index contributed by atoms with van der Waals surface area (Å²) in [5, 5.41) is 24.0. The van der Waals surface area contributed by atoms with E-state index in [9.17, 15) is 0 Å².